The molecular formula is C16H24O4. The molecule has 0 amide bonds. The largest absolute Gasteiger partial charge is 0.481 e. The lowest BCUT2D eigenvalue weighted by molar-refractivity contribution is -0.163. The van der Waals surface area contributed by atoms with Gasteiger partial charge >= 0.3 is 5.97 Å². The second-order valence-electron chi connectivity index (χ2n) is 8.04. The fourth-order valence-corrected chi connectivity index (χ4v) is 4.98. The number of hydrogen-bond acceptors (Lipinski definition) is 3. The molecule has 1 atom stereocenters. The van der Waals surface area contributed by atoms with Gasteiger partial charge in [0.1, 0.15) is 0 Å². The molecule has 0 radical (unpaired) electrons. The molecule has 2 aliphatic heterocycles. The monoisotopic (exact) mass is 280 g/mol. The van der Waals surface area contributed by atoms with Crippen LogP contribution in [0.1, 0.15) is 65.2 Å². The van der Waals surface area contributed by atoms with Crippen LogP contribution in [0.4, 0.5) is 0 Å². The Hall–Kier alpha value is -0.610. The number of aliphatic carboxylic acids is 1. The lowest BCUT2D eigenvalue weighted by Gasteiger charge is -2.46. The summed E-state index contributed by atoms with van der Waals surface area (Å²) in [5, 5.41) is 10.0. The second-order valence-corrected chi connectivity index (χ2v) is 8.04. The molecule has 0 aromatic heterocycles. The third-order valence-electron chi connectivity index (χ3n) is 6.43. The van der Waals surface area contributed by atoms with Gasteiger partial charge in [0.25, 0.3) is 0 Å². The first kappa shape index (κ1) is 13.1. The van der Waals surface area contributed by atoms with E-state index in [9.17, 15) is 9.90 Å². The normalized spacial score (nSPS) is 49.1. The first-order valence-corrected chi connectivity index (χ1v) is 7.99. The van der Waals surface area contributed by atoms with Gasteiger partial charge in [-0.05, 0) is 17.8 Å². The molecule has 0 bridgehead atoms. The number of carboxylic acid groups (broad SMARTS) is 1. The molecule has 0 unspecified atom stereocenters. The van der Waals surface area contributed by atoms with Crippen LogP contribution in [0.5, 0.6) is 0 Å². The maximum atomic E-state index is 12.2. The van der Waals surface area contributed by atoms with E-state index in [0.29, 0.717) is 12.3 Å². The van der Waals surface area contributed by atoms with Gasteiger partial charge in [-0.15, -0.1) is 0 Å². The molecule has 1 N–H and O–H groups in total. The smallest absolute Gasteiger partial charge is 0.310 e. The number of carbonyl (C=O) groups is 1. The van der Waals surface area contributed by atoms with Crippen molar-refractivity contribution in [2.24, 2.45) is 16.7 Å². The van der Waals surface area contributed by atoms with Gasteiger partial charge in [0, 0.05) is 12.8 Å². The quantitative estimate of drug-likeness (QED) is 0.806. The number of ether oxygens (including phenoxy) is 2. The molecule has 20 heavy (non-hydrogen) atoms. The van der Waals surface area contributed by atoms with Crippen molar-refractivity contribution in [2.45, 2.75) is 76.8 Å². The summed E-state index contributed by atoms with van der Waals surface area (Å²) in [6.45, 7) is 4.18. The summed E-state index contributed by atoms with van der Waals surface area (Å²) in [7, 11) is 0. The molecule has 2 heterocycles. The Morgan fingerprint density at radius 1 is 1.10 bits per heavy atom. The summed E-state index contributed by atoms with van der Waals surface area (Å²) in [5.41, 5.74) is -0.960. The van der Waals surface area contributed by atoms with Crippen molar-refractivity contribution in [1.82, 2.24) is 0 Å². The van der Waals surface area contributed by atoms with E-state index in [1.165, 1.54) is 32.1 Å². The Kier molecular flexibility index (Phi) is 2.34. The van der Waals surface area contributed by atoms with Gasteiger partial charge in [0.05, 0.1) is 5.41 Å². The molecule has 0 aromatic rings. The topological polar surface area (TPSA) is 62.4 Å². The predicted octanol–water partition coefficient (Wildman–Crippen LogP) is 3.30. The number of carboxylic acids is 1. The zero-order valence-electron chi connectivity index (χ0n) is 12.4. The first-order valence-electron chi connectivity index (χ1n) is 7.99. The summed E-state index contributed by atoms with van der Waals surface area (Å²) in [4.78, 5) is 12.2. The predicted molar refractivity (Wildman–Crippen MR) is 71.9 cm³/mol. The minimum atomic E-state index is -0.689. The molecule has 2 saturated heterocycles. The Morgan fingerprint density at radius 3 is 2.30 bits per heavy atom. The van der Waals surface area contributed by atoms with Crippen molar-refractivity contribution in [3.63, 3.8) is 0 Å². The second kappa shape index (κ2) is 3.58. The van der Waals surface area contributed by atoms with Crippen LogP contribution in [0.2, 0.25) is 0 Å². The standard InChI is InChI=1S/C16H24O4/c1-13(2)9-15-16(19-15,20-15)10-14(13,12(17)18)8-11-6-4-3-5-7-11/h11H,3-10H2,1-2H3,(H,17,18)/t14-,15?,16?/m1/s1. The first-order chi connectivity index (χ1) is 9.35. The number of epoxide rings is 2. The summed E-state index contributed by atoms with van der Waals surface area (Å²) in [5.74, 6) is -1.01. The highest BCUT2D eigenvalue weighted by Gasteiger charge is 2.95. The number of rotatable bonds is 3. The van der Waals surface area contributed by atoms with Gasteiger partial charge in [0.2, 0.25) is 11.6 Å². The third-order valence-corrected chi connectivity index (χ3v) is 6.43. The van der Waals surface area contributed by atoms with E-state index in [0.717, 1.165) is 12.8 Å². The van der Waals surface area contributed by atoms with Crippen molar-refractivity contribution in [1.29, 1.82) is 0 Å². The Morgan fingerprint density at radius 2 is 1.70 bits per heavy atom. The Labute approximate surface area is 119 Å². The van der Waals surface area contributed by atoms with E-state index < -0.39 is 23.0 Å². The van der Waals surface area contributed by atoms with Gasteiger partial charge in [-0.1, -0.05) is 46.0 Å². The summed E-state index contributed by atoms with van der Waals surface area (Å²) in [6.07, 6.45) is 8.23. The summed E-state index contributed by atoms with van der Waals surface area (Å²) >= 11 is 0. The Bertz CT molecular complexity index is 457. The average molecular weight is 280 g/mol. The molecule has 112 valence electrons. The van der Waals surface area contributed by atoms with Gasteiger partial charge in [0.15, 0.2) is 0 Å². The molecule has 4 aliphatic rings. The van der Waals surface area contributed by atoms with Crippen molar-refractivity contribution >= 4 is 5.97 Å². The van der Waals surface area contributed by atoms with E-state index in [-0.39, 0.29) is 5.41 Å². The lowest BCUT2D eigenvalue weighted by Crippen LogP contribution is -2.50. The molecule has 4 heteroatoms. The van der Waals surface area contributed by atoms with Crippen LogP contribution in [0.15, 0.2) is 0 Å². The maximum absolute atomic E-state index is 12.2. The minimum Gasteiger partial charge on any atom is -0.481 e. The molecular weight excluding hydrogens is 256 g/mol. The highest BCUT2D eigenvalue weighted by Crippen LogP contribution is 2.81. The van der Waals surface area contributed by atoms with Crippen LogP contribution < -0.4 is 0 Å². The van der Waals surface area contributed by atoms with E-state index >= 15 is 0 Å². The highest BCUT2D eigenvalue weighted by molar-refractivity contribution is 5.77. The van der Waals surface area contributed by atoms with Gasteiger partial charge in [-0.2, -0.15) is 0 Å². The fourth-order valence-electron chi connectivity index (χ4n) is 4.98. The maximum Gasteiger partial charge on any atom is 0.310 e. The third kappa shape index (κ3) is 1.47. The van der Waals surface area contributed by atoms with E-state index in [4.69, 9.17) is 9.47 Å². The minimum absolute atomic E-state index is 0.271. The van der Waals surface area contributed by atoms with Crippen LogP contribution >= 0.6 is 0 Å². The zero-order chi connectivity index (χ0) is 14.2. The molecule has 0 aromatic carbocycles. The molecule has 4 fully saturated rings. The van der Waals surface area contributed by atoms with Crippen LogP contribution in [0.3, 0.4) is 0 Å². The van der Waals surface area contributed by atoms with Crippen molar-refractivity contribution in [3.8, 4) is 0 Å². The van der Waals surface area contributed by atoms with Gasteiger partial charge in [-0.25, -0.2) is 0 Å². The molecule has 4 nitrogen and oxygen atoms in total. The van der Waals surface area contributed by atoms with Crippen molar-refractivity contribution < 1.29 is 19.4 Å². The molecule has 4 rings (SSSR count). The molecule has 2 saturated carbocycles. The Balaban J connectivity index is 1.63. The van der Waals surface area contributed by atoms with Gasteiger partial charge < -0.3 is 14.6 Å². The fraction of sp³-hybridized carbons (Fsp3) is 0.938. The van der Waals surface area contributed by atoms with Gasteiger partial charge in [-0.3, -0.25) is 4.79 Å². The van der Waals surface area contributed by atoms with E-state index in [1.54, 1.807) is 0 Å². The SMILES string of the molecule is CC1(C)CC23OC2(C[C@]1(CC1CCCCC1)C(=O)O)O3. The highest BCUT2D eigenvalue weighted by atomic mass is 17.0. The van der Waals surface area contributed by atoms with Crippen LogP contribution in [-0.4, -0.2) is 22.7 Å². The average Bonchev–Trinajstić information content (AvgIpc) is 3.14. The summed E-state index contributed by atoms with van der Waals surface area (Å²) in [6, 6.07) is 0. The van der Waals surface area contributed by atoms with Crippen LogP contribution in [0.25, 0.3) is 0 Å². The number of hydrogen-bond donors (Lipinski definition) is 1. The molecule has 2 aliphatic carbocycles. The molecule has 0 spiro atoms. The van der Waals surface area contributed by atoms with Crippen LogP contribution in [-0.2, 0) is 14.3 Å². The van der Waals surface area contributed by atoms with E-state index in [1.807, 2.05) is 0 Å². The summed E-state index contributed by atoms with van der Waals surface area (Å²) < 4.78 is 11.4. The van der Waals surface area contributed by atoms with E-state index in [2.05, 4.69) is 13.8 Å². The lowest BCUT2D eigenvalue weighted by atomic mass is 9.54. The zero-order valence-corrected chi connectivity index (χ0v) is 12.4. The van der Waals surface area contributed by atoms with Crippen LogP contribution in [0, 0.1) is 16.7 Å². The van der Waals surface area contributed by atoms with Crippen molar-refractivity contribution in [3.05, 3.63) is 0 Å². The van der Waals surface area contributed by atoms with Crippen molar-refractivity contribution in [2.75, 3.05) is 0 Å².